The molecule has 3 rings (SSSR count). The molecule has 1 aliphatic heterocycles. The third-order valence-corrected chi connectivity index (χ3v) is 7.56. The van der Waals surface area contributed by atoms with Gasteiger partial charge >= 0.3 is 0 Å². The second-order valence-electron chi connectivity index (χ2n) is 9.85. The van der Waals surface area contributed by atoms with Crippen molar-refractivity contribution in [2.24, 2.45) is 11.3 Å². The van der Waals surface area contributed by atoms with Gasteiger partial charge in [-0.25, -0.2) is 0 Å². The van der Waals surface area contributed by atoms with Crippen molar-refractivity contribution in [1.29, 1.82) is 0 Å². The van der Waals surface area contributed by atoms with Crippen molar-refractivity contribution in [3.8, 4) is 0 Å². The van der Waals surface area contributed by atoms with Crippen LogP contribution in [0, 0.1) is 11.3 Å². The molecule has 3 aliphatic rings. The molecule has 2 aliphatic carbocycles. The Morgan fingerprint density at radius 1 is 0.838 bits per heavy atom. The van der Waals surface area contributed by atoms with Gasteiger partial charge in [-0.15, -0.1) is 0 Å². The Morgan fingerprint density at radius 2 is 1.35 bits per heavy atom. The quantitative estimate of drug-likeness (QED) is 0.165. The van der Waals surface area contributed by atoms with Crippen molar-refractivity contribution in [3.63, 3.8) is 0 Å². The average Bonchev–Trinajstić information content (AvgIpc) is 3.03. The van der Waals surface area contributed by atoms with E-state index in [1.54, 1.807) is 32.1 Å². The van der Waals surface area contributed by atoms with Gasteiger partial charge in [-0.05, 0) is 53.7 Å². The van der Waals surface area contributed by atoms with Crippen LogP contribution < -0.4 is 0 Å². The van der Waals surface area contributed by atoms with Gasteiger partial charge in [0.05, 0.1) is 5.41 Å². The number of Topliss-reactive ketones (excluding diaryl/α,β-unsaturated/α-hetero) is 3. The monoisotopic (exact) mass is 512 g/mol. The zero-order valence-corrected chi connectivity index (χ0v) is 21.6. The smallest absolute Gasteiger partial charge is 0.217 e. The van der Waals surface area contributed by atoms with Crippen molar-refractivity contribution >= 4 is 17.3 Å². The molecule has 5 N–H and O–H groups in total. The second kappa shape index (κ2) is 9.09. The molecule has 0 aromatic carbocycles. The van der Waals surface area contributed by atoms with Crippen LogP contribution in [0.3, 0.4) is 0 Å². The molecule has 198 valence electrons. The zero-order valence-electron chi connectivity index (χ0n) is 21.6. The predicted molar refractivity (Wildman–Crippen MR) is 134 cm³/mol. The summed E-state index contributed by atoms with van der Waals surface area (Å²) < 4.78 is 5.82. The molecular weight excluding hydrogens is 480 g/mol. The van der Waals surface area contributed by atoms with Crippen molar-refractivity contribution in [2.75, 3.05) is 0 Å². The molecule has 0 amide bonds. The lowest BCUT2D eigenvalue weighted by Crippen LogP contribution is -2.72. The number of aliphatic hydroxyl groups excluding tert-OH is 3. The standard InChI is InChI=1S/C28H32O9/c1-7-9-11-13-16(29)18-20(31)15(3)22(32)26(5)21(18)25(4)23(33)19(17(30)14-12-10-8-2)24(34)27(6,35)28(25,36)37-26/h7-14,21,29-31,35-36H,1-6H3/b9-7+,10-8+,13-11+,14-12+,18-16+,19-17+. The largest absolute Gasteiger partial charge is 0.508 e. The van der Waals surface area contributed by atoms with Crippen LogP contribution in [-0.2, 0) is 19.1 Å². The Morgan fingerprint density at radius 3 is 1.86 bits per heavy atom. The molecule has 1 saturated heterocycles. The third-order valence-electron chi connectivity index (χ3n) is 7.56. The Bertz CT molecular complexity index is 1290. The number of allylic oxidation sites excluding steroid dienone is 9. The molecule has 2 fully saturated rings. The summed E-state index contributed by atoms with van der Waals surface area (Å²) in [6.07, 6.45) is 11.5. The van der Waals surface area contributed by atoms with Crippen LogP contribution in [0.5, 0.6) is 0 Å². The minimum Gasteiger partial charge on any atom is -0.508 e. The summed E-state index contributed by atoms with van der Waals surface area (Å²) in [7, 11) is 0. The van der Waals surface area contributed by atoms with Crippen molar-refractivity contribution in [3.05, 3.63) is 82.6 Å². The number of hydrogen-bond donors (Lipinski definition) is 5. The molecular formula is C28H32O9. The molecule has 1 saturated carbocycles. The van der Waals surface area contributed by atoms with Gasteiger partial charge in [-0.3, -0.25) is 14.4 Å². The summed E-state index contributed by atoms with van der Waals surface area (Å²) in [5, 5.41) is 55.9. The molecule has 5 atom stereocenters. The lowest BCUT2D eigenvalue weighted by Gasteiger charge is -2.50. The van der Waals surface area contributed by atoms with E-state index in [9.17, 15) is 39.9 Å². The molecule has 9 heteroatoms. The highest BCUT2D eigenvalue weighted by atomic mass is 16.7. The molecule has 0 radical (unpaired) electrons. The minimum atomic E-state index is -2.98. The molecule has 1 heterocycles. The fourth-order valence-corrected chi connectivity index (χ4v) is 5.62. The first-order chi connectivity index (χ1) is 17.1. The molecule has 5 unspecified atom stereocenters. The number of hydrogen-bond acceptors (Lipinski definition) is 9. The third kappa shape index (κ3) is 3.53. The first kappa shape index (κ1) is 28.0. The van der Waals surface area contributed by atoms with Gasteiger partial charge in [-0.2, -0.15) is 0 Å². The first-order valence-electron chi connectivity index (χ1n) is 11.7. The van der Waals surface area contributed by atoms with E-state index >= 15 is 0 Å². The summed E-state index contributed by atoms with van der Waals surface area (Å²) in [6.45, 7) is 8.07. The van der Waals surface area contributed by atoms with E-state index in [1.165, 1.54) is 45.1 Å². The molecule has 37 heavy (non-hydrogen) atoms. The molecule has 0 bridgehead atoms. The van der Waals surface area contributed by atoms with Crippen molar-refractivity contribution < 1.29 is 44.7 Å². The number of ketones is 3. The van der Waals surface area contributed by atoms with Crippen LogP contribution in [0.1, 0.15) is 41.5 Å². The second-order valence-corrected chi connectivity index (χ2v) is 9.85. The number of carbonyl (C=O) groups is 3. The minimum absolute atomic E-state index is 0.211. The molecule has 0 spiro atoms. The lowest BCUT2D eigenvalue weighted by atomic mass is 9.52. The SMILES string of the molecule is C/C=C/C=C/C(O)=C1/C(O)=C(C)C(=O)C2(C)OC3(O)C(C)(O)C(=O)\C(=C(O)/C=C/C=C/C)C(=O)C3(C)C12. The average molecular weight is 513 g/mol. The molecule has 9 nitrogen and oxygen atoms in total. The van der Waals surface area contributed by atoms with Crippen molar-refractivity contribution in [1.82, 2.24) is 0 Å². The number of ether oxygens (including phenoxy) is 1. The Kier molecular flexibility index (Phi) is 6.89. The highest BCUT2D eigenvalue weighted by Gasteiger charge is 2.83. The van der Waals surface area contributed by atoms with E-state index in [-0.39, 0.29) is 11.1 Å². The van der Waals surface area contributed by atoms with Gasteiger partial charge < -0.3 is 30.3 Å². The van der Waals surface area contributed by atoms with Gasteiger partial charge in [0.1, 0.15) is 28.5 Å². The zero-order chi connectivity index (χ0) is 28.1. The molecule has 0 aromatic heterocycles. The van der Waals surface area contributed by atoms with Gasteiger partial charge in [0, 0.05) is 17.1 Å². The number of aliphatic hydroxyl groups is 5. The van der Waals surface area contributed by atoms with Crippen LogP contribution in [-0.4, -0.2) is 59.9 Å². The summed E-state index contributed by atoms with van der Waals surface area (Å²) >= 11 is 0. The highest BCUT2D eigenvalue weighted by molar-refractivity contribution is 6.28. The van der Waals surface area contributed by atoms with E-state index in [1.807, 2.05) is 0 Å². The summed E-state index contributed by atoms with van der Waals surface area (Å²) in [5.74, 6) is -9.75. The maximum Gasteiger partial charge on any atom is 0.217 e. The number of fused-ring (bicyclic) bond motifs is 3. The van der Waals surface area contributed by atoms with Crippen LogP contribution in [0.2, 0.25) is 0 Å². The first-order valence-corrected chi connectivity index (χ1v) is 11.7. The lowest BCUT2D eigenvalue weighted by molar-refractivity contribution is -0.313. The fourth-order valence-electron chi connectivity index (χ4n) is 5.62. The van der Waals surface area contributed by atoms with E-state index in [0.29, 0.717) is 0 Å². The van der Waals surface area contributed by atoms with Crippen LogP contribution in [0.25, 0.3) is 0 Å². The Balaban J connectivity index is 2.46. The van der Waals surface area contributed by atoms with Gasteiger partial charge in [-0.1, -0.05) is 36.5 Å². The van der Waals surface area contributed by atoms with E-state index in [0.717, 1.165) is 13.0 Å². The summed E-state index contributed by atoms with van der Waals surface area (Å²) in [5.41, 5.74) is -8.56. The topological polar surface area (TPSA) is 162 Å². The maximum atomic E-state index is 14.0. The Hall–Kier alpha value is -3.53. The van der Waals surface area contributed by atoms with Gasteiger partial charge in [0.25, 0.3) is 0 Å². The Labute approximate surface area is 214 Å². The molecule has 0 aromatic rings. The van der Waals surface area contributed by atoms with Crippen molar-refractivity contribution in [2.45, 2.75) is 58.5 Å². The maximum absolute atomic E-state index is 14.0. The van der Waals surface area contributed by atoms with Gasteiger partial charge in [0.2, 0.25) is 11.6 Å². The van der Waals surface area contributed by atoms with E-state index < -0.39 is 68.5 Å². The van der Waals surface area contributed by atoms with Crippen LogP contribution in [0.4, 0.5) is 0 Å². The highest BCUT2D eigenvalue weighted by Crippen LogP contribution is 2.66. The van der Waals surface area contributed by atoms with E-state index in [4.69, 9.17) is 4.74 Å². The number of carbonyl (C=O) groups excluding carboxylic acids is 3. The number of rotatable bonds is 4. The van der Waals surface area contributed by atoms with Crippen LogP contribution >= 0.6 is 0 Å². The summed E-state index contributed by atoms with van der Waals surface area (Å²) in [6, 6.07) is 0. The fraction of sp³-hybridized carbons (Fsp3) is 0.393. The van der Waals surface area contributed by atoms with E-state index in [2.05, 4.69) is 0 Å². The predicted octanol–water partition coefficient (Wildman–Crippen LogP) is 3.29. The summed E-state index contributed by atoms with van der Waals surface area (Å²) in [4.78, 5) is 40.8. The normalized spacial score (nSPS) is 39.5. The van der Waals surface area contributed by atoms with Crippen LogP contribution in [0.15, 0.2) is 82.6 Å². The van der Waals surface area contributed by atoms with Gasteiger partial charge in [0.15, 0.2) is 17.2 Å².